The number of carboxylic acid groups (broad SMARTS) is 1. The molecular weight excluding hydrogens is 338 g/mol. The fourth-order valence-electron chi connectivity index (χ4n) is 2.84. The van der Waals surface area contributed by atoms with Crippen LogP contribution in [0.2, 0.25) is 0 Å². The van der Waals surface area contributed by atoms with Crippen molar-refractivity contribution in [2.45, 2.75) is 32.4 Å². The number of rotatable bonds is 7. The van der Waals surface area contributed by atoms with Crippen LogP contribution in [0.1, 0.15) is 45.1 Å². The Kier molecular flexibility index (Phi) is 5.58. The Bertz CT molecular complexity index is 791. The van der Waals surface area contributed by atoms with Gasteiger partial charge in [0.25, 0.3) is 5.91 Å². The highest BCUT2D eigenvalue weighted by Crippen LogP contribution is 2.21. The predicted molar refractivity (Wildman–Crippen MR) is 92.5 cm³/mol. The second-order valence-corrected chi connectivity index (χ2v) is 6.11. The van der Waals surface area contributed by atoms with Crippen LogP contribution in [0.3, 0.4) is 0 Å². The molecule has 1 atom stereocenters. The minimum atomic E-state index is -1.06. The van der Waals surface area contributed by atoms with Crippen molar-refractivity contribution < 1.29 is 28.6 Å². The van der Waals surface area contributed by atoms with Crippen LogP contribution in [0.15, 0.2) is 34.7 Å². The third-order valence-electron chi connectivity index (χ3n) is 4.20. The zero-order chi connectivity index (χ0) is 18.5. The molecule has 0 aliphatic carbocycles. The molecule has 7 heteroatoms. The van der Waals surface area contributed by atoms with E-state index in [4.69, 9.17) is 19.0 Å². The van der Waals surface area contributed by atoms with Crippen molar-refractivity contribution in [2.75, 3.05) is 13.2 Å². The topological polar surface area (TPSA) is 98.0 Å². The van der Waals surface area contributed by atoms with E-state index in [1.807, 2.05) is 0 Å². The average Bonchev–Trinajstić information content (AvgIpc) is 3.27. The number of benzene rings is 1. The first kappa shape index (κ1) is 18.0. The van der Waals surface area contributed by atoms with E-state index in [0.717, 1.165) is 19.4 Å². The van der Waals surface area contributed by atoms with Crippen molar-refractivity contribution in [3.8, 4) is 5.75 Å². The first-order valence-electron chi connectivity index (χ1n) is 8.49. The lowest BCUT2D eigenvalue weighted by molar-refractivity contribution is 0.0670. The monoisotopic (exact) mass is 359 g/mol. The van der Waals surface area contributed by atoms with Gasteiger partial charge in [-0.2, -0.15) is 0 Å². The van der Waals surface area contributed by atoms with Gasteiger partial charge in [-0.05, 0) is 38.0 Å². The third-order valence-corrected chi connectivity index (χ3v) is 4.20. The minimum Gasteiger partial charge on any atom is -0.490 e. The van der Waals surface area contributed by atoms with Gasteiger partial charge in [-0.1, -0.05) is 12.1 Å². The fraction of sp³-hybridized carbons (Fsp3) is 0.368. The molecule has 0 saturated carbocycles. The maximum atomic E-state index is 12.5. The summed E-state index contributed by atoms with van der Waals surface area (Å²) in [7, 11) is 0. The number of hydrogen-bond donors (Lipinski definition) is 2. The number of carboxylic acids is 1. The summed E-state index contributed by atoms with van der Waals surface area (Å²) in [6, 6.07) is 8.39. The van der Waals surface area contributed by atoms with Gasteiger partial charge in [-0.15, -0.1) is 0 Å². The van der Waals surface area contributed by atoms with E-state index in [1.165, 1.54) is 6.07 Å². The number of nitrogens with one attached hydrogen (secondary N) is 1. The summed E-state index contributed by atoms with van der Waals surface area (Å²) in [6.45, 7) is 2.82. The minimum absolute atomic E-state index is 0.0617. The third kappa shape index (κ3) is 4.23. The van der Waals surface area contributed by atoms with Crippen LogP contribution in [0.25, 0.3) is 0 Å². The molecule has 1 unspecified atom stereocenters. The van der Waals surface area contributed by atoms with Crippen molar-refractivity contribution in [3.63, 3.8) is 0 Å². The molecule has 3 rings (SSSR count). The van der Waals surface area contributed by atoms with Crippen LogP contribution in [-0.4, -0.2) is 36.3 Å². The zero-order valence-corrected chi connectivity index (χ0v) is 14.5. The van der Waals surface area contributed by atoms with Crippen molar-refractivity contribution in [1.29, 1.82) is 0 Å². The zero-order valence-electron chi connectivity index (χ0n) is 14.5. The van der Waals surface area contributed by atoms with Crippen molar-refractivity contribution >= 4 is 11.9 Å². The number of carbonyl (C=O) groups excluding carboxylic acids is 1. The molecular formula is C19H21NO6. The van der Waals surface area contributed by atoms with Crippen molar-refractivity contribution in [3.05, 3.63) is 53.0 Å². The van der Waals surface area contributed by atoms with Gasteiger partial charge >= 0.3 is 5.97 Å². The predicted octanol–water partition coefficient (Wildman–Crippen LogP) is 2.77. The molecule has 1 aromatic heterocycles. The Morgan fingerprint density at radius 3 is 2.81 bits per heavy atom. The van der Waals surface area contributed by atoms with E-state index in [0.29, 0.717) is 29.4 Å². The first-order chi connectivity index (χ1) is 12.5. The molecule has 1 aromatic carbocycles. The number of aromatic carboxylic acids is 1. The maximum absolute atomic E-state index is 12.5. The summed E-state index contributed by atoms with van der Waals surface area (Å²) in [4.78, 5) is 23.5. The van der Waals surface area contributed by atoms with Crippen LogP contribution in [-0.2, 0) is 11.3 Å². The fourth-order valence-corrected chi connectivity index (χ4v) is 2.84. The van der Waals surface area contributed by atoms with Crippen molar-refractivity contribution in [2.24, 2.45) is 0 Å². The molecule has 1 saturated heterocycles. The Hall–Kier alpha value is -2.80. The van der Waals surface area contributed by atoms with Gasteiger partial charge in [0.05, 0.1) is 18.2 Å². The van der Waals surface area contributed by atoms with Crippen LogP contribution in [0.4, 0.5) is 0 Å². The highest BCUT2D eigenvalue weighted by Gasteiger charge is 2.19. The summed E-state index contributed by atoms with van der Waals surface area (Å²) >= 11 is 0. The van der Waals surface area contributed by atoms with E-state index in [2.05, 4.69) is 5.32 Å². The molecule has 2 heterocycles. The van der Waals surface area contributed by atoms with Crippen LogP contribution < -0.4 is 10.1 Å². The summed E-state index contributed by atoms with van der Waals surface area (Å²) in [5, 5.41) is 11.8. The quantitative estimate of drug-likeness (QED) is 0.789. The molecule has 1 fully saturated rings. The molecule has 0 radical (unpaired) electrons. The first-order valence-corrected chi connectivity index (χ1v) is 8.49. The average molecular weight is 359 g/mol. The molecule has 1 amide bonds. The smallest absolute Gasteiger partial charge is 0.339 e. The van der Waals surface area contributed by atoms with E-state index in [-0.39, 0.29) is 24.1 Å². The summed E-state index contributed by atoms with van der Waals surface area (Å²) < 4.78 is 16.7. The van der Waals surface area contributed by atoms with Crippen LogP contribution in [0.5, 0.6) is 5.75 Å². The lowest BCUT2D eigenvalue weighted by atomic mass is 10.2. The van der Waals surface area contributed by atoms with Gasteiger partial charge in [-0.25, -0.2) is 4.79 Å². The number of furan rings is 1. The number of carbonyl (C=O) groups is 2. The van der Waals surface area contributed by atoms with Gasteiger partial charge in [0.2, 0.25) is 0 Å². The summed E-state index contributed by atoms with van der Waals surface area (Å²) in [6.07, 6.45) is 2.04. The van der Waals surface area contributed by atoms with E-state index in [9.17, 15) is 9.59 Å². The molecule has 138 valence electrons. The van der Waals surface area contributed by atoms with Gasteiger partial charge in [-0.3, -0.25) is 4.79 Å². The van der Waals surface area contributed by atoms with Gasteiger partial charge < -0.3 is 24.3 Å². The molecule has 26 heavy (non-hydrogen) atoms. The molecule has 1 aliphatic rings. The largest absolute Gasteiger partial charge is 0.490 e. The van der Waals surface area contributed by atoms with Crippen molar-refractivity contribution in [1.82, 2.24) is 5.32 Å². The van der Waals surface area contributed by atoms with E-state index >= 15 is 0 Å². The molecule has 7 nitrogen and oxygen atoms in total. The SMILES string of the molecule is Cc1oc(CNC(=O)c2ccccc2OCC2CCCO2)cc1C(=O)O. The molecule has 2 N–H and O–H groups in total. The lowest BCUT2D eigenvalue weighted by Gasteiger charge is -2.14. The number of aryl methyl sites for hydroxylation is 1. The number of para-hydroxylation sites is 1. The normalized spacial score (nSPS) is 16.4. The number of amides is 1. The Morgan fingerprint density at radius 2 is 2.12 bits per heavy atom. The highest BCUT2D eigenvalue weighted by molar-refractivity contribution is 5.96. The molecule has 2 aromatic rings. The van der Waals surface area contributed by atoms with Crippen LogP contribution >= 0.6 is 0 Å². The van der Waals surface area contributed by atoms with Gasteiger partial charge in [0, 0.05) is 6.61 Å². The molecule has 1 aliphatic heterocycles. The summed E-state index contributed by atoms with van der Waals surface area (Å²) in [5.41, 5.74) is 0.502. The Labute approximate surface area is 150 Å². The molecule has 0 spiro atoms. The lowest BCUT2D eigenvalue weighted by Crippen LogP contribution is -2.24. The standard InChI is InChI=1S/C19H21NO6/c1-12-16(19(22)23)9-14(26-12)10-20-18(21)15-6-2-3-7-17(15)25-11-13-5-4-8-24-13/h2-3,6-7,9,13H,4-5,8,10-11H2,1H3,(H,20,21)(H,22,23). The summed E-state index contributed by atoms with van der Waals surface area (Å²) in [5.74, 6) is -0.203. The van der Waals surface area contributed by atoms with E-state index < -0.39 is 5.97 Å². The second-order valence-electron chi connectivity index (χ2n) is 6.11. The second kappa shape index (κ2) is 8.05. The van der Waals surface area contributed by atoms with Gasteiger partial charge in [0.1, 0.15) is 29.4 Å². The molecule has 0 bridgehead atoms. The Morgan fingerprint density at radius 1 is 1.31 bits per heavy atom. The van der Waals surface area contributed by atoms with E-state index in [1.54, 1.807) is 31.2 Å². The van der Waals surface area contributed by atoms with Gasteiger partial charge in [0.15, 0.2) is 0 Å². The number of ether oxygens (including phenoxy) is 2. The highest BCUT2D eigenvalue weighted by atomic mass is 16.5. The Balaban J connectivity index is 1.62. The number of hydrogen-bond acceptors (Lipinski definition) is 5. The van der Waals surface area contributed by atoms with Crippen LogP contribution in [0, 0.1) is 6.92 Å². The maximum Gasteiger partial charge on any atom is 0.339 e.